The molecule has 1 atom stereocenters. The van der Waals surface area contributed by atoms with Gasteiger partial charge in [0, 0.05) is 21.5 Å². The number of rotatable bonds is 5. The highest BCUT2D eigenvalue weighted by atomic mass is 79.9. The van der Waals surface area contributed by atoms with Gasteiger partial charge in [0.2, 0.25) is 0 Å². The van der Waals surface area contributed by atoms with Gasteiger partial charge in [0.1, 0.15) is 0 Å². The van der Waals surface area contributed by atoms with E-state index in [2.05, 4.69) is 35.1 Å². The molecule has 0 saturated carbocycles. The molecule has 0 bridgehead atoms. The number of alkyl halides is 1. The van der Waals surface area contributed by atoms with E-state index < -0.39 is 0 Å². The molecular formula is C14H19BrClNO. The van der Waals surface area contributed by atoms with Gasteiger partial charge in [0.15, 0.2) is 0 Å². The summed E-state index contributed by atoms with van der Waals surface area (Å²) in [5.74, 6) is -0.0329. The number of benzene rings is 1. The number of halogens is 2. The van der Waals surface area contributed by atoms with E-state index in [1.165, 1.54) is 0 Å². The van der Waals surface area contributed by atoms with Crippen LogP contribution < -0.4 is 5.32 Å². The third-order valence-electron chi connectivity index (χ3n) is 3.27. The molecule has 1 aromatic carbocycles. The van der Waals surface area contributed by atoms with Crippen LogP contribution in [0.15, 0.2) is 18.2 Å². The van der Waals surface area contributed by atoms with Crippen molar-refractivity contribution in [1.82, 2.24) is 5.32 Å². The van der Waals surface area contributed by atoms with Crippen LogP contribution in [0, 0.1) is 6.92 Å². The lowest BCUT2D eigenvalue weighted by molar-refractivity contribution is 0.0901. The van der Waals surface area contributed by atoms with Crippen LogP contribution in [-0.2, 0) is 0 Å². The van der Waals surface area contributed by atoms with Crippen molar-refractivity contribution in [1.29, 1.82) is 0 Å². The van der Waals surface area contributed by atoms with Crippen molar-refractivity contribution in [3.63, 3.8) is 0 Å². The average molecular weight is 333 g/mol. The van der Waals surface area contributed by atoms with Gasteiger partial charge in [-0.05, 0) is 50.5 Å². The molecule has 0 aromatic heterocycles. The SMILES string of the molecule is CCC(C)(CCBr)NC(=O)c1ccc(Cl)cc1C. The van der Waals surface area contributed by atoms with E-state index >= 15 is 0 Å². The summed E-state index contributed by atoms with van der Waals surface area (Å²) in [6.45, 7) is 6.05. The molecule has 0 spiro atoms. The van der Waals surface area contributed by atoms with E-state index in [0.717, 1.165) is 23.7 Å². The van der Waals surface area contributed by atoms with Gasteiger partial charge in [-0.15, -0.1) is 0 Å². The summed E-state index contributed by atoms with van der Waals surface area (Å²) in [5, 5.41) is 4.64. The maximum Gasteiger partial charge on any atom is 0.251 e. The first kappa shape index (κ1) is 15.5. The van der Waals surface area contributed by atoms with Gasteiger partial charge in [-0.2, -0.15) is 0 Å². The smallest absolute Gasteiger partial charge is 0.251 e. The van der Waals surface area contributed by atoms with E-state index in [1.807, 2.05) is 13.0 Å². The van der Waals surface area contributed by atoms with Gasteiger partial charge in [0.05, 0.1) is 0 Å². The molecule has 0 fully saturated rings. The number of carbonyl (C=O) groups excluding carboxylic acids is 1. The lowest BCUT2D eigenvalue weighted by Crippen LogP contribution is -2.46. The quantitative estimate of drug-likeness (QED) is 0.799. The number of aryl methyl sites for hydroxylation is 1. The summed E-state index contributed by atoms with van der Waals surface area (Å²) in [5.41, 5.74) is 1.41. The Hall–Kier alpha value is -0.540. The lowest BCUT2D eigenvalue weighted by Gasteiger charge is -2.29. The van der Waals surface area contributed by atoms with Gasteiger partial charge in [-0.1, -0.05) is 34.5 Å². The van der Waals surface area contributed by atoms with Crippen molar-refractivity contribution >= 4 is 33.4 Å². The van der Waals surface area contributed by atoms with Crippen LogP contribution in [0.2, 0.25) is 5.02 Å². The van der Waals surface area contributed by atoms with Gasteiger partial charge in [-0.25, -0.2) is 0 Å². The third-order valence-corrected chi connectivity index (χ3v) is 3.91. The van der Waals surface area contributed by atoms with Crippen molar-refractivity contribution < 1.29 is 4.79 Å². The molecule has 1 amide bonds. The fraction of sp³-hybridized carbons (Fsp3) is 0.500. The topological polar surface area (TPSA) is 29.1 Å². The standard InChI is InChI=1S/C14H19BrClNO/c1-4-14(3,7-8-15)17-13(18)12-6-5-11(16)9-10(12)2/h5-6,9H,4,7-8H2,1-3H3,(H,17,18). The minimum Gasteiger partial charge on any atom is -0.347 e. The molecule has 0 aliphatic heterocycles. The molecule has 18 heavy (non-hydrogen) atoms. The number of hydrogen-bond donors (Lipinski definition) is 1. The Kier molecular flexibility index (Phi) is 5.67. The van der Waals surface area contributed by atoms with Gasteiger partial charge in [-0.3, -0.25) is 4.79 Å². The van der Waals surface area contributed by atoms with E-state index in [1.54, 1.807) is 12.1 Å². The molecule has 1 unspecified atom stereocenters. The van der Waals surface area contributed by atoms with Gasteiger partial charge in [0.25, 0.3) is 5.91 Å². The molecule has 2 nitrogen and oxygen atoms in total. The van der Waals surface area contributed by atoms with Gasteiger partial charge >= 0.3 is 0 Å². The van der Waals surface area contributed by atoms with Crippen LogP contribution >= 0.6 is 27.5 Å². The minimum absolute atomic E-state index is 0.0329. The first-order valence-electron chi connectivity index (χ1n) is 6.06. The molecule has 100 valence electrons. The molecule has 1 rings (SSSR count). The fourth-order valence-corrected chi connectivity index (χ4v) is 2.86. The van der Waals surface area contributed by atoms with Crippen LogP contribution in [0.1, 0.15) is 42.6 Å². The van der Waals surface area contributed by atoms with E-state index in [0.29, 0.717) is 10.6 Å². The molecule has 0 aliphatic carbocycles. The number of nitrogens with one attached hydrogen (secondary N) is 1. The second-order valence-electron chi connectivity index (χ2n) is 4.77. The second kappa shape index (κ2) is 6.58. The van der Waals surface area contributed by atoms with Crippen molar-refractivity contribution in [2.45, 2.75) is 39.2 Å². The van der Waals surface area contributed by atoms with Crippen LogP contribution in [0.5, 0.6) is 0 Å². The maximum atomic E-state index is 12.3. The summed E-state index contributed by atoms with van der Waals surface area (Å²) < 4.78 is 0. The van der Waals surface area contributed by atoms with Crippen molar-refractivity contribution in [3.05, 3.63) is 34.3 Å². The molecule has 0 radical (unpaired) electrons. The summed E-state index contributed by atoms with van der Waals surface area (Å²) in [4.78, 5) is 12.3. The van der Waals surface area contributed by atoms with Crippen molar-refractivity contribution in [2.75, 3.05) is 5.33 Å². The van der Waals surface area contributed by atoms with E-state index in [4.69, 9.17) is 11.6 Å². The monoisotopic (exact) mass is 331 g/mol. The summed E-state index contributed by atoms with van der Waals surface area (Å²) in [6, 6.07) is 5.33. The zero-order valence-electron chi connectivity index (χ0n) is 11.0. The largest absolute Gasteiger partial charge is 0.347 e. The number of amides is 1. The van der Waals surface area contributed by atoms with E-state index in [-0.39, 0.29) is 11.4 Å². The minimum atomic E-state index is -0.174. The first-order chi connectivity index (χ1) is 8.41. The Morgan fingerprint density at radius 1 is 1.50 bits per heavy atom. The zero-order valence-corrected chi connectivity index (χ0v) is 13.4. The molecule has 1 N–H and O–H groups in total. The predicted octanol–water partition coefficient (Wildman–Crippen LogP) is 4.33. The summed E-state index contributed by atoms with van der Waals surface area (Å²) in [6.07, 6.45) is 1.80. The normalized spacial score (nSPS) is 14.1. The van der Waals surface area contributed by atoms with E-state index in [9.17, 15) is 4.79 Å². The van der Waals surface area contributed by atoms with Crippen molar-refractivity contribution in [3.8, 4) is 0 Å². The van der Waals surface area contributed by atoms with Gasteiger partial charge < -0.3 is 5.32 Å². The highest BCUT2D eigenvalue weighted by Crippen LogP contribution is 2.19. The van der Waals surface area contributed by atoms with Crippen LogP contribution in [0.3, 0.4) is 0 Å². The Labute approximate surface area is 122 Å². The summed E-state index contributed by atoms with van der Waals surface area (Å²) >= 11 is 9.32. The third kappa shape index (κ3) is 3.99. The first-order valence-corrected chi connectivity index (χ1v) is 7.56. The molecule has 0 heterocycles. The lowest BCUT2D eigenvalue weighted by atomic mass is 9.94. The molecule has 1 aromatic rings. The Morgan fingerprint density at radius 3 is 2.67 bits per heavy atom. The fourth-order valence-electron chi connectivity index (χ4n) is 1.76. The average Bonchev–Trinajstić information content (AvgIpc) is 2.28. The number of carbonyl (C=O) groups is 1. The highest BCUT2D eigenvalue weighted by molar-refractivity contribution is 9.09. The Balaban J connectivity index is 2.87. The predicted molar refractivity (Wildman–Crippen MR) is 80.8 cm³/mol. The van der Waals surface area contributed by atoms with Crippen LogP contribution in [0.4, 0.5) is 0 Å². The maximum absolute atomic E-state index is 12.3. The Bertz CT molecular complexity index is 436. The molecule has 4 heteroatoms. The van der Waals surface area contributed by atoms with Crippen LogP contribution in [0.25, 0.3) is 0 Å². The Morgan fingerprint density at radius 2 is 2.17 bits per heavy atom. The highest BCUT2D eigenvalue weighted by Gasteiger charge is 2.24. The van der Waals surface area contributed by atoms with Crippen molar-refractivity contribution in [2.24, 2.45) is 0 Å². The molecule has 0 saturated heterocycles. The summed E-state index contributed by atoms with van der Waals surface area (Å²) in [7, 11) is 0. The second-order valence-corrected chi connectivity index (χ2v) is 6.00. The molecule has 0 aliphatic rings. The zero-order chi connectivity index (χ0) is 13.8. The van der Waals surface area contributed by atoms with Crippen LogP contribution in [-0.4, -0.2) is 16.8 Å². The molecular weight excluding hydrogens is 314 g/mol. The number of hydrogen-bond acceptors (Lipinski definition) is 1.